The molecule has 2 heterocycles. The highest BCUT2D eigenvalue weighted by molar-refractivity contribution is 5.85. The second-order valence-corrected chi connectivity index (χ2v) is 7.00. The maximum atomic E-state index is 12.7. The summed E-state index contributed by atoms with van der Waals surface area (Å²) in [6.45, 7) is 6.45. The largest absolute Gasteiger partial charge is 0.379 e. The molecule has 1 amide bonds. The van der Waals surface area contributed by atoms with Crippen LogP contribution in [0, 0.1) is 5.92 Å². The van der Waals surface area contributed by atoms with Crippen LogP contribution in [0.15, 0.2) is 30.3 Å². The number of halogens is 2. The molecular weight excluding hydrogens is 373 g/mol. The third-order valence-corrected chi connectivity index (χ3v) is 5.07. The molecule has 3 rings (SSSR count). The number of likely N-dealkylation sites (tertiary alicyclic amines) is 1. The lowest BCUT2D eigenvalue weighted by atomic mass is 9.96. The molecule has 26 heavy (non-hydrogen) atoms. The van der Waals surface area contributed by atoms with E-state index in [1.807, 2.05) is 35.2 Å². The minimum atomic E-state index is -0.436. The average Bonchev–Trinajstić information content (AvgIpc) is 2.63. The highest BCUT2D eigenvalue weighted by atomic mass is 35.5. The standard InChI is InChI=1S/C19H29N3O2.2ClH/c20-18(13-16-5-2-1-3-6-16)19(23)22-8-4-7-17(15-22)14-21-9-11-24-12-10-21;;/h1-3,5-6,17-18H,4,7-15,20H2;2*1H. The van der Waals surface area contributed by atoms with Crippen LogP contribution in [0.1, 0.15) is 18.4 Å². The molecule has 0 aliphatic carbocycles. The van der Waals surface area contributed by atoms with Crippen molar-refractivity contribution >= 4 is 30.7 Å². The van der Waals surface area contributed by atoms with Gasteiger partial charge in [0.05, 0.1) is 19.3 Å². The smallest absolute Gasteiger partial charge is 0.239 e. The summed E-state index contributed by atoms with van der Waals surface area (Å²) >= 11 is 0. The molecule has 7 heteroatoms. The molecule has 2 atom stereocenters. The maximum absolute atomic E-state index is 12.7. The van der Waals surface area contributed by atoms with Gasteiger partial charge >= 0.3 is 0 Å². The van der Waals surface area contributed by atoms with Crippen molar-refractivity contribution in [2.75, 3.05) is 45.9 Å². The van der Waals surface area contributed by atoms with Gasteiger partial charge in [-0.2, -0.15) is 0 Å². The summed E-state index contributed by atoms with van der Waals surface area (Å²) in [5.74, 6) is 0.662. The number of carbonyl (C=O) groups excluding carboxylic acids is 1. The van der Waals surface area contributed by atoms with Gasteiger partial charge in [-0.05, 0) is 30.7 Å². The summed E-state index contributed by atoms with van der Waals surface area (Å²) in [4.78, 5) is 17.2. The van der Waals surface area contributed by atoms with E-state index in [9.17, 15) is 4.79 Å². The van der Waals surface area contributed by atoms with E-state index in [4.69, 9.17) is 10.5 Å². The van der Waals surface area contributed by atoms with E-state index in [-0.39, 0.29) is 30.7 Å². The van der Waals surface area contributed by atoms with Crippen LogP contribution in [0.4, 0.5) is 0 Å². The lowest BCUT2D eigenvalue weighted by molar-refractivity contribution is -0.134. The zero-order chi connectivity index (χ0) is 16.8. The van der Waals surface area contributed by atoms with Crippen molar-refractivity contribution in [2.45, 2.75) is 25.3 Å². The van der Waals surface area contributed by atoms with E-state index < -0.39 is 6.04 Å². The van der Waals surface area contributed by atoms with Gasteiger partial charge in [0.15, 0.2) is 0 Å². The van der Waals surface area contributed by atoms with Crippen molar-refractivity contribution in [3.8, 4) is 0 Å². The molecular formula is C19H31Cl2N3O2. The zero-order valence-corrected chi connectivity index (χ0v) is 16.9. The highest BCUT2D eigenvalue weighted by Gasteiger charge is 2.28. The Morgan fingerprint density at radius 2 is 1.85 bits per heavy atom. The first-order valence-corrected chi connectivity index (χ1v) is 9.11. The predicted molar refractivity (Wildman–Crippen MR) is 109 cm³/mol. The minimum Gasteiger partial charge on any atom is -0.379 e. The summed E-state index contributed by atoms with van der Waals surface area (Å²) < 4.78 is 5.41. The Hall–Kier alpha value is -0.850. The number of benzene rings is 1. The number of ether oxygens (including phenoxy) is 1. The second kappa shape index (κ2) is 11.8. The van der Waals surface area contributed by atoms with Crippen LogP contribution in [-0.2, 0) is 16.0 Å². The second-order valence-electron chi connectivity index (χ2n) is 7.00. The topological polar surface area (TPSA) is 58.8 Å². The number of morpholine rings is 1. The molecule has 2 N–H and O–H groups in total. The van der Waals surface area contributed by atoms with E-state index in [0.29, 0.717) is 12.3 Å². The van der Waals surface area contributed by atoms with E-state index in [2.05, 4.69) is 4.90 Å². The van der Waals surface area contributed by atoms with Crippen molar-refractivity contribution < 1.29 is 9.53 Å². The molecule has 0 radical (unpaired) electrons. The monoisotopic (exact) mass is 403 g/mol. The molecule has 5 nitrogen and oxygen atoms in total. The zero-order valence-electron chi connectivity index (χ0n) is 15.2. The fourth-order valence-electron chi connectivity index (χ4n) is 3.75. The number of rotatable bonds is 5. The molecule has 2 unspecified atom stereocenters. The molecule has 0 bridgehead atoms. The molecule has 0 spiro atoms. The Morgan fingerprint density at radius 3 is 2.54 bits per heavy atom. The molecule has 0 saturated carbocycles. The first kappa shape index (κ1) is 23.2. The summed E-state index contributed by atoms with van der Waals surface area (Å²) in [7, 11) is 0. The number of amides is 1. The van der Waals surface area contributed by atoms with Crippen LogP contribution in [-0.4, -0.2) is 67.7 Å². The van der Waals surface area contributed by atoms with Crippen molar-refractivity contribution in [1.29, 1.82) is 0 Å². The molecule has 1 aromatic rings. The Morgan fingerprint density at radius 1 is 1.15 bits per heavy atom. The molecule has 2 aliphatic heterocycles. The van der Waals surface area contributed by atoms with Gasteiger partial charge in [0.2, 0.25) is 5.91 Å². The number of hydrogen-bond donors (Lipinski definition) is 1. The summed E-state index contributed by atoms with van der Waals surface area (Å²) in [6, 6.07) is 9.60. The lowest BCUT2D eigenvalue weighted by Gasteiger charge is -2.37. The van der Waals surface area contributed by atoms with Gasteiger partial charge in [-0.15, -0.1) is 24.8 Å². The highest BCUT2D eigenvalue weighted by Crippen LogP contribution is 2.19. The molecule has 1 aromatic carbocycles. The summed E-state index contributed by atoms with van der Waals surface area (Å²) in [5, 5.41) is 0. The third kappa shape index (κ3) is 6.71. The summed E-state index contributed by atoms with van der Waals surface area (Å²) in [6.07, 6.45) is 2.90. The quantitative estimate of drug-likeness (QED) is 0.816. The van der Waals surface area contributed by atoms with Crippen LogP contribution < -0.4 is 5.73 Å². The third-order valence-electron chi connectivity index (χ3n) is 5.07. The Labute approximate surface area is 169 Å². The molecule has 2 fully saturated rings. The molecule has 0 aromatic heterocycles. The van der Waals surface area contributed by atoms with Crippen molar-refractivity contribution in [2.24, 2.45) is 11.7 Å². The van der Waals surface area contributed by atoms with Crippen molar-refractivity contribution in [3.05, 3.63) is 35.9 Å². The number of hydrogen-bond acceptors (Lipinski definition) is 4. The number of piperidine rings is 1. The van der Waals surface area contributed by atoms with E-state index in [1.165, 1.54) is 6.42 Å². The fraction of sp³-hybridized carbons (Fsp3) is 0.632. The van der Waals surface area contributed by atoms with Gasteiger partial charge in [0.25, 0.3) is 0 Å². The van der Waals surface area contributed by atoms with Crippen LogP contribution in [0.25, 0.3) is 0 Å². The average molecular weight is 404 g/mol. The van der Waals surface area contributed by atoms with Gasteiger partial charge in [-0.25, -0.2) is 0 Å². The van der Waals surface area contributed by atoms with Crippen LogP contribution in [0.2, 0.25) is 0 Å². The molecule has 2 saturated heterocycles. The first-order chi connectivity index (χ1) is 11.7. The number of nitrogens with zero attached hydrogens (tertiary/aromatic N) is 2. The van der Waals surface area contributed by atoms with Gasteiger partial charge in [0.1, 0.15) is 0 Å². The number of nitrogens with two attached hydrogens (primary N) is 1. The lowest BCUT2D eigenvalue weighted by Crippen LogP contribution is -2.51. The summed E-state index contributed by atoms with van der Waals surface area (Å²) in [5.41, 5.74) is 7.32. The van der Waals surface area contributed by atoms with Crippen LogP contribution in [0.3, 0.4) is 0 Å². The van der Waals surface area contributed by atoms with E-state index >= 15 is 0 Å². The van der Waals surface area contributed by atoms with Gasteiger partial charge in [-0.3, -0.25) is 9.69 Å². The van der Waals surface area contributed by atoms with E-state index in [0.717, 1.165) is 57.9 Å². The SMILES string of the molecule is Cl.Cl.NC(Cc1ccccc1)C(=O)N1CCCC(CN2CCOCC2)C1. The van der Waals surface area contributed by atoms with Gasteiger partial charge in [0, 0.05) is 32.7 Å². The maximum Gasteiger partial charge on any atom is 0.239 e. The Balaban J connectivity index is 0.00000169. The number of carbonyl (C=O) groups is 1. The molecule has 148 valence electrons. The first-order valence-electron chi connectivity index (χ1n) is 9.11. The van der Waals surface area contributed by atoms with Crippen molar-refractivity contribution in [1.82, 2.24) is 9.80 Å². The van der Waals surface area contributed by atoms with Gasteiger partial charge in [-0.1, -0.05) is 30.3 Å². The van der Waals surface area contributed by atoms with Crippen LogP contribution >= 0.6 is 24.8 Å². The van der Waals surface area contributed by atoms with E-state index in [1.54, 1.807) is 0 Å². The Kier molecular flexibility index (Phi) is 10.5. The predicted octanol–water partition coefficient (Wildman–Crippen LogP) is 1.97. The van der Waals surface area contributed by atoms with Crippen molar-refractivity contribution in [3.63, 3.8) is 0 Å². The minimum absolute atomic E-state index is 0. The normalized spacial score (nSPS) is 22.0. The van der Waals surface area contributed by atoms with Gasteiger partial charge < -0.3 is 15.4 Å². The Bertz CT molecular complexity index is 527. The fourth-order valence-corrected chi connectivity index (χ4v) is 3.75. The van der Waals surface area contributed by atoms with Crippen LogP contribution in [0.5, 0.6) is 0 Å². The molecule has 2 aliphatic rings.